The van der Waals surface area contributed by atoms with Gasteiger partial charge in [0.15, 0.2) is 0 Å². The molecule has 0 unspecified atom stereocenters. The number of carbonyl (C=O) groups is 1. The fourth-order valence-corrected chi connectivity index (χ4v) is 3.63. The van der Waals surface area contributed by atoms with E-state index in [2.05, 4.69) is 38.1 Å². The summed E-state index contributed by atoms with van der Waals surface area (Å²) in [4.78, 5) is 14.3. The summed E-state index contributed by atoms with van der Waals surface area (Å²) >= 11 is 2.16. The Morgan fingerprint density at radius 3 is 2.45 bits per heavy atom. The molecular weight excluding hydrogens is 479 g/mol. The van der Waals surface area contributed by atoms with Crippen molar-refractivity contribution in [3.63, 3.8) is 0 Å². The van der Waals surface area contributed by atoms with Crippen LogP contribution in [0.1, 0.15) is 22.8 Å². The van der Waals surface area contributed by atoms with Crippen molar-refractivity contribution in [3.8, 4) is 11.4 Å². The van der Waals surface area contributed by atoms with Crippen LogP contribution in [0.4, 0.5) is 5.69 Å². The monoisotopic (exact) mass is 498 g/mol. The van der Waals surface area contributed by atoms with Crippen LogP contribution in [0, 0.1) is 10.5 Å². The van der Waals surface area contributed by atoms with Gasteiger partial charge in [0.1, 0.15) is 16.8 Å². The lowest BCUT2D eigenvalue weighted by atomic mass is 10.1. The molecule has 0 spiro atoms. The molecule has 4 aromatic rings. The number of ether oxygens (including phenoxy) is 1. The first kappa shape index (κ1) is 19.4. The summed E-state index contributed by atoms with van der Waals surface area (Å²) < 4.78 is 6.38. The minimum Gasteiger partial charge on any atom is -0.494 e. The van der Waals surface area contributed by atoms with E-state index in [1.807, 2.05) is 74.5 Å². The third-order valence-corrected chi connectivity index (χ3v) is 5.41. The summed E-state index contributed by atoms with van der Waals surface area (Å²) in [5.74, 6) is 0.667. The second-order valence-corrected chi connectivity index (χ2v) is 7.67. The predicted molar refractivity (Wildman–Crippen MR) is 122 cm³/mol. The SMILES string of the molecule is CCOc1ccc(-n2nc3cc(C)c(NC(=O)c4ccccc4I)cc3n2)cc1. The molecule has 0 aliphatic rings. The van der Waals surface area contributed by atoms with Gasteiger partial charge in [-0.3, -0.25) is 4.79 Å². The number of amides is 1. The molecule has 146 valence electrons. The molecule has 0 aliphatic carbocycles. The third-order valence-electron chi connectivity index (χ3n) is 4.47. The van der Waals surface area contributed by atoms with E-state index in [1.54, 1.807) is 4.80 Å². The number of nitrogens with one attached hydrogen (secondary N) is 1. The summed E-state index contributed by atoms with van der Waals surface area (Å²) in [7, 11) is 0. The Morgan fingerprint density at radius 2 is 1.76 bits per heavy atom. The zero-order chi connectivity index (χ0) is 20.4. The maximum atomic E-state index is 12.7. The van der Waals surface area contributed by atoms with Gasteiger partial charge in [-0.1, -0.05) is 12.1 Å². The van der Waals surface area contributed by atoms with Crippen LogP contribution in [-0.4, -0.2) is 27.5 Å². The third kappa shape index (κ3) is 4.09. The van der Waals surface area contributed by atoms with Crippen molar-refractivity contribution < 1.29 is 9.53 Å². The minimum absolute atomic E-state index is 0.142. The van der Waals surface area contributed by atoms with Gasteiger partial charge in [0, 0.05) is 9.26 Å². The van der Waals surface area contributed by atoms with E-state index in [-0.39, 0.29) is 5.91 Å². The Balaban J connectivity index is 1.63. The quantitative estimate of drug-likeness (QED) is 0.394. The lowest BCUT2D eigenvalue weighted by Crippen LogP contribution is -2.14. The summed E-state index contributed by atoms with van der Waals surface area (Å²) in [6.45, 7) is 4.52. The average Bonchev–Trinajstić information content (AvgIpc) is 3.12. The number of rotatable bonds is 5. The molecule has 3 aromatic carbocycles. The van der Waals surface area contributed by atoms with Gasteiger partial charge in [0.05, 0.1) is 17.9 Å². The Labute approximate surface area is 182 Å². The molecule has 29 heavy (non-hydrogen) atoms. The van der Waals surface area contributed by atoms with Crippen LogP contribution >= 0.6 is 22.6 Å². The lowest BCUT2D eigenvalue weighted by Gasteiger charge is -2.09. The van der Waals surface area contributed by atoms with Gasteiger partial charge in [-0.15, -0.1) is 10.2 Å². The maximum Gasteiger partial charge on any atom is 0.256 e. The molecule has 0 saturated carbocycles. The smallest absolute Gasteiger partial charge is 0.256 e. The van der Waals surface area contributed by atoms with Gasteiger partial charge in [-0.2, -0.15) is 4.80 Å². The number of nitrogens with zero attached hydrogens (tertiary/aromatic N) is 3. The first-order valence-corrected chi connectivity index (χ1v) is 10.3. The largest absolute Gasteiger partial charge is 0.494 e. The molecule has 0 aliphatic heterocycles. The molecule has 4 rings (SSSR count). The highest BCUT2D eigenvalue weighted by Crippen LogP contribution is 2.24. The number of benzene rings is 3. The van der Waals surface area contributed by atoms with Crippen molar-refractivity contribution in [1.82, 2.24) is 15.0 Å². The number of aromatic nitrogens is 3. The zero-order valence-electron chi connectivity index (χ0n) is 16.0. The minimum atomic E-state index is -0.142. The van der Waals surface area contributed by atoms with Gasteiger partial charge in [0.25, 0.3) is 5.91 Å². The first-order valence-electron chi connectivity index (χ1n) is 9.22. The van der Waals surface area contributed by atoms with Crippen molar-refractivity contribution >= 4 is 45.2 Å². The molecular formula is C22H19IN4O2. The van der Waals surface area contributed by atoms with Crippen molar-refractivity contribution in [3.05, 3.63) is 75.4 Å². The molecule has 7 heteroatoms. The van der Waals surface area contributed by atoms with Crippen LogP contribution in [0.15, 0.2) is 60.7 Å². The summed E-state index contributed by atoms with van der Waals surface area (Å²) in [6.07, 6.45) is 0. The summed E-state index contributed by atoms with van der Waals surface area (Å²) in [5.41, 5.74) is 4.61. The highest BCUT2D eigenvalue weighted by Gasteiger charge is 2.13. The van der Waals surface area contributed by atoms with Crippen LogP contribution in [0.5, 0.6) is 5.75 Å². The van der Waals surface area contributed by atoms with Crippen molar-refractivity contribution in [2.75, 3.05) is 11.9 Å². The number of hydrogen-bond donors (Lipinski definition) is 1. The number of anilines is 1. The van der Waals surface area contributed by atoms with E-state index in [0.717, 1.165) is 31.8 Å². The molecule has 0 bridgehead atoms. The molecule has 0 radical (unpaired) electrons. The molecule has 1 amide bonds. The van der Waals surface area contributed by atoms with Crippen LogP contribution in [-0.2, 0) is 0 Å². The normalized spacial score (nSPS) is 10.9. The Hall–Kier alpha value is -2.94. The summed E-state index contributed by atoms with van der Waals surface area (Å²) in [6, 6.07) is 18.9. The van der Waals surface area contributed by atoms with Crippen molar-refractivity contribution in [2.45, 2.75) is 13.8 Å². The van der Waals surface area contributed by atoms with E-state index in [9.17, 15) is 4.79 Å². The van der Waals surface area contributed by atoms with E-state index in [4.69, 9.17) is 4.74 Å². The van der Waals surface area contributed by atoms with Crippen LogP contribution in [0.2, 0.25) is 0 Å². The molecule has 1 N–H and O–H groups in total. The number of carbonyl (C=O) groups excluding carboxylic acids is 1. The second-order valence-electron chi connectivity index (χ2n) is 6.51. The van der Waals surface area contributed by atoms with Crippen LogP contribution < -0.4 is 10.1 Å². The lowest BCUT2D eigenvalue weighted by molar-refractivity contribution is 0.102. The van der Waals surface area contributed by atoms with Gasteiger partial charge in [0.2, 0.25) is 0 Å². The molecule has 0 fully saturated rings. The van der Waals surface area contributed by atoms with E-state index >= 15 is 0 Å². The molecule has 0 atom stereocenters. The van der Waals surface area contributed by atoms with Crippen LogP contribution in [0.25, 0.3) is 16.7 Å². The Bertz CT molecular complexity index is 1190. The standard InChI is InChI=1S/C22H19IN4O2/c1-3-29-16-10-8-15(9-11-16)27-25-20-12-14(2)19(13-21(20)26-27)24-22(28)17-6-4-5-7-18(17)23/h4-13H,3H2,1-2H3,(H,24,28). The van der Waals surface area contributed by atoms with Crippen LogP contribution in [0.3, 0.4) is 0 Å². The number of halogens is 1. The van der Waals surface area contributed by atoms with Gasteiger partial charge >= 0.3 is 0 Å². The van der Waals surface area contributed by atoms with Crippen molar-refractivity contribution in [2.24, 2.45) is 0 Å². The zero-order valence-corrected chi connectivity index (χ0v) is 18.2. The van der Waals surface area contributed by atoms with Gasteiger partial charge in [-0.25, -0.2) is 0 Å². The fraction of sp³-hybridized carbons (Fsp3) is 0.136. The topological polar surface area (TPSA) is 69.0 Å². The second kappa shape index (κ2) is 8.20. The Kier molecular flexibility index (Phi) is 5.48. The highest BCUT2D eigenvalue weighted by atomic mass is 127. The number of hydrogen-bond acceptors (Lipinski definition) is 4. The first-order chi connectivity index (χ1) is 14.0. The predicted octanol–water partition coefficient (Wildman–Crippen LogP) is 4.98. The average molecular weight is 498 g/mol. The maximum absolute atomic E-state index is 12.7. The molecule has 6 nitrogen and oxygen atoms in total. The Morgan fingerprint density at radius 1 is 1.07 bits per heavy atom. The van der Waals surface area contributed by atoms with Gasteiger partial charge < -0.3 is 10.1 Å². The number of fused-ring (bicyclic) bond motifs is 1. The number of aryl methyl sites for hydroxylation is 1. The molecule has 1 heterocycles. The molecule has 0 saturated heterocycles. The summed E-state index contributed by atoms with van der Waals surface area (Å²) in [5, 5.41) is 12.1. The van der Waals surface area contributed by atoms with E-state index < -0.39 is 0 Å². The van der Waals surface area contributed by atoms with E-state index in [0.29, 0.717) is 17.7 Å². The fourth-order valence-electron chi connectivity index (χ4n) is 3.00. The highest BCUT2D eigenvalue weighted by molar-refractivity contribution is 14.1. The van der Waals surface area contributed by atoms with E-state index in [1.165, 1.54) is 0 Å². The van der Waals surface area contributed by atoms with Crippen molar-refractivity contribution in [1.29, 1.82) is 0 Å². The molecule has 1 aromatic heterocycles. The van der Waals surface area contributed by atoms with Gasteiger partial charge in [-0.05, 0) is 90.5 Å².